The highest BCUT2D eigenvalue weighted by atomic mass is 16.5. The Morgan fingerprint density at radius 2 is 1.90 bits per heavy atom. The molecular weight excluding hydrogens is 258 g/mol. The van der Waals surface area contributed by atoms with Crippen LogP contribution < -0.4 is 10.1 Å². The monoisotopic (exact) mass is 289 g/mol. The molecule has 1 aromatic carbocycles. The Hall–Kier alpha value is -1.02. The zero-order valence-corrected chi connectivity index (χ0v) is 13.7. The van der Waals surface area contributed by atoms with Crippen LogP contribution in [0.1, 0.15) is 70.4 Å². The van der Waals surface area contributed by atoms with Gasteiger partial charge in [-0.05, 0) is 38.3 Å². The van der Waals surface area contributed by atoms with E-state index in [0.717, 1.165) is 24.8 Å². The molecular formula is C19H31NO. The predicted octanol–water partition coefficient (Wildman–Crippen LogP) is 5.10. The van der Waals surface area contributed by atoms with Gasteiger partial charge in [-0.2, -0.15) is 0 Å². The van der Waals surface area contributed by atoms with E-state index in [1.54, 1.807) is 0 Å². The third kappa shape index (κ3) is 5.03. The molecule has 0 spiro atoms. The van der Waals surface area contributed by atoms with Gasteiger partial charge in [-0.3, -0.25) is 0 Å². The van der Waals surface area contributed by atoms with Crippen LogP contribution in [0.5, 0.6) is 5.75 Å². The minimum Gasteiger partial charge on any atom is -0.494 e. The van der Waals surface area contributed by atoms with E-state index < -0.39 is 0 Å². The number of para-hydroxylation sites is 1. The fourth-order valence-corrected chi connectivity index (χ4v) is 3.55. The first kappa shape index (κ1) is 16.4. The Bertz CT molecular complexity index is 398. The normalized spacial score (nSPS) is 17.6. The van der Waals surface area contributed by atoms with Gasteiger partial charge in [0.1, 0.15) is 5.75 Å². The van der Waals surface area contributed by atoms with Gasteiger partial charge in [-0.1, -0.05) is 57.2 Å². The lowest BCUT2D eigenvalue weighted by Gasteiger charge is -2.26. The second-order valence-electron chi connectivity index (χ2n) is 6.16. The van der Waals surface area contributed by atoms with Crippen molar-refractivity contribution >= 4 is 0 Å². The van der Waals surface area contributed by atoms with Crippen molar-refractivity contribution in [2.75, 3.05) is 13.2 Å². The summed E-state index contributed by atoms with van der Waals surface area (Å²) >= 11 is 0. The molecule has 1 atom stereocenters. The molecule has 0 heterocycles. The van der Waals surface area contributed by atoms with Crippen molar-refractivity contribution in [3.8, 4) is 5.75 Å². The third-order valence-electron chi connectivity index (χ3n) is 4.63. The van der Waals surface area contributed by atoms with E-state index in [-0.39, 0.29) is 0 Å². The van der Waals surface area contributed by atoms with E-state index in [0.29, 0.717) is 6.04 Å². The summed E-state index contributed by atoms with van der Waals surface area (Å²) in [5.41, 5.74) is 1.33. The van der Waals surface area contributed by atoms with Gasteiger partial charge in [0, 0.05) is 11.6 Å². The quantitative estimate of drug-likeness (QED) is 0.719. The molecule has 0 amide bonds. The molecule has 1 unspecified atom stereocenters. The van der Waals surface area contributed by atoms with E-state index in [9.17, 15) is 0 Å². The van der Waals surface area contributed by atoms with Gasteiger partial charge >= 0.3 is 0 Å². The van der Waals surface area contributed by atoms with Crippen LogP contribution in [-0.4, -0.2) is 13.2 Å². The van der Waals surface area contributed by atoms with Gasteiger partial charge in [-0.25, -0.2) is 0 Å². The fourth-order valence-electron chi connectivity index (χ4n) is 3.55. The van der Waals surface area contributed by atoms with Crippen LogP contribution in [-0.2, 0) is 0 Å². The molecule has 2 nitrogen and oxygen atoms in total. The van der Waals surface area contributed by atoms with Crippen LogP contribution in [0, 0.1) is 5.92 Å². The second kappa shape index (κ2) is 9.09. The minimum atomic E-state index is 0.430. The van der Waals surface area contributed by atoms with E-state index >= 15 is 0 Å². The number of rotatable bonds is 8. The molecule has 21 heavy (non-hydrogen) atoms. The maximum Gasteiger partial charge on any atom is 0.124 e. The standard InChI is InChI=1S/C19H31NO/c1-3-20-18(15-14-16-10-6-5-7-11-16)17-12-8-9-13-19(17)21-4-2/h8-9,12-13,16,18,20H,3-7,10-11,14-15H2,1-2H3. The third-order valence-corrected chi connectivity index (χ3v) is 4.63. The van der Waals surface area contributed by atoms with Crippen molar-refractivity contribution in [1.29, 1.82) is 0 Å². The number of benzene rings is 1. The zero-order chi connectivity index (χ0) is 14.9. The maximum atomic E-state index is 5.82. The first-order chi connectivity index (χ1) is 10.3. The molecule has 0 aromatic heterocycles. The van der Waals surface area contributed by atoms with Gasteiger partial charge in [-0.15, -0.1) is 0 Å². The summed E-state index contributed by atoms with van der Waals surface area (Å²) in [6.45, 7) is 5.99. The number of nitrogens with one attached hydrogen (secondary N) is 1. The van der Waals surface area contributed by atoms with Crippen molar-refractivity contribution in [3.05, 3.63) is 29.8 Å². The van der Waals surface area contributed by atoms with Crippen molar-refractivity contribution in [2.24, 2.45) is 5.92 Å². The van der Waals surface area contributed by atoms with Gasteiger partial charge in [0.05, 0.1) is 6.61 Å². The van der Waals surface area contributed by atoms with Crippen molar-refractivity contribution in [3.63, 3.8) is 0 Å². The lowest BCUT2D eigenvalue weighted by Crippen LogP contribution is -2.22. The van der Waals surface area contributed by atoms with Crippen molar-refractivity contribution < 1.29 is 4.74 Å². The highest BCUT2D eigenvalue weighted by Gasteiger charge is 2.19. The van der Waals surface area contributed by atoms with Gasteiger partial charge in [0.15, 0.2) is 0 Å². The van der Waals surface area contributed by atoms with Crippen LogP contribution in [0.25, 0.3) is 0 Å². The van der Waals surface area contributed by atoms with E-state index in [2.05, 4.69) is 43.4 Å². The molecule has 2 rings (SSSR count). The first-order valence-electron chi connectivity index (χ1n) is 8.80. The molecule has 1 fully saturated rings. The largest absolute Gasteiger partial charge is 0.494 e. The number of hydrogen-bond donors (Lipinski definition) is 1. The molecule has 1 aliphatic carbocycles. The van der Waals surface area contributed by atoms with Crippen LogP contribution in [0.2, 0.25) is 0 Å². The predicted molar refractivity (Wildman–Crippen MR) is 89.8 cm³/mol. The molecule has 2 heteroatoms. The first-order valence-corrected chi connectivity index (χ1v) is 8.80. The summed E-state index contributed by atoms with van der Waals surface area (Å²) in [6, 6.07) is 8.95. The average Bonchev–Trinajstić information content (AvgIpc) is 2.53. The Morgan fingerprint density at radius 1 is 1.14 bits per heavy atom. The van der Waals surface area contributed by atoms with Crippen molar-refractivity contribution in [2.45, 2.75) is 64.8 Å². The molecule has 0 aliphatic heterocycles. The molecule has 0 radical (unpaired) electrons. The van der Waals surface area contributed by atoms with Crippen LogP contribution in [0.4, 0.5) is 0 Å². The second-order valence-corrected chi connectivity index (χ2v) is 6.16. The SMILES string of the molecule is CCNC(CCC1CCCCC1)c1ccccc1OCC. The summed E-state index contributed by atoms with van der Waals surface area (Å²) in [4.78, 5) is 0. The Kier molecular flexibility index (Phi) is 7.08. The fraction of sp³-hybridized carbons (Fsp3) is 0.684. The molecule has 118 valence electrons. The lowest BCUT2D eigenvalue weighted by molar-refractivity contribution is 0.305. The van der Waals surface area contributed by atoms with E-state index in [4.69, 9.17) is 4.74 Å². The van der Waals surface area contributed by atoms with Gasteiger partial charge in [0.2, 0.25) is 0 Å². The Labute approximate surface area is 130 Å². The van der Waals surface area contributed by atoms with Gasteiger partial charge in [0.25, 0.3) is 0 Å². The highest BCUT2D eigenvalue weighted by molar-refractivity contribution is 5.36. The highest BCUT2D eigenvalue weighted by Crippen LogP contribution is 2.33. The zero-order valence-electron chi connectivity index (χ0n) is 13.7. The van der Waals surface area contributed by atoms with E-state index in [1.165, 1.54) is 50.5 Å². The average molecular weight is 289 g/mol. The number of hydrogen-bond acceptors (Lipinski definition) is 2. The summed E-state index contributed by atoms with van der Waals surface area (Å²) in [5, 5.41) is 3.66. The van der Waals surface area contributed by atoms with Crippen molar-refractivity contribution in [1.82, 2.24) is 5.32 Å². The van der Waals surface area contributed by atoms with Gasteiger partial charge < -0.3 is 10.1 Å². The molecule has 1 N–H and O–H groups in total. The van der Waals surface area contributed by atoms with E-state index in [1.807, 2.05) is 0 Å². The minimum absolute atomic E-state index is 0.430. The summed E-state index contributed by atoms with van der Waals surface area (Å²) in [5.74, 6) is 1.99. The summed E-state index contributed by atoms with van der Waals surface area (Å²) in [6.07, 6.45) is 9.76. The Balaban J connectivity index is 2.00. The lowest BCUT2D eigenvalue weighted by atomic mass is 9.84. The smallest absolute Gasteiger partial charge is 0.124 e. The Morgan fingerprint density at radius 3 is 2.62 bits per heavy atom. The molecule has 1 saturated carbocycles. The van der Waals surface area contributed by atoms with Crippen LogP contribution in [0.15, 0.2) is 24.3 Å². The molecule has 0 bridgehead atoms. The summed E-state index contributed by atoms with van der Waals surface area (Å²) in [7, 11) is 0. The van der Waals surface area contributed by atoms with Crippen LogP contribution in [0.3, 0.4) is 0 Å². The maximum absolute atomic E-state index is 5.82. The molecule has 0 saturated heterocycles. The molecule has 1 aliphatic rings. The summed E-state index contributed by atoms with van der Waals surface area (Å²) < 4.78 is 5.82. The topological polar surface area (TPSA) is 21.3 Å². The molecule has 1 aromatic rings. The number of ether oxygens (including phenoxy) is 1. The van der Waals surface area contributed by atoms with Crippen LogP contribution >= 0.6 is 0 Å².